The third-order valence-electron chi connectivity index (χ3n) is 4.68. The average molecular weight is 206 g/mol. The maximum Gasteiger partial charge on any atom is 0.0451 e. The summed E-state index contributed by atoms with van der Waals surface area (Å²) in [6.07, 6.45) is 9.45. The van der Waals surface area contributed by atoms with Crippen molar-refractivity contribution >= 4 is 8.80 Å². The Morgan fingerprint density at radius 2 is 1.36 bits per heavy atom. The van der Waals surface area contributed by atoms with E-state index in [9.17, 15) is 0 Å². The molecule has 4 bridgehead atoms. The molecule has 0 aromatic rings. The SMILES string of the molecule is C[Si](C)[CH]C12CC3CC(CC(C3)C1)C2. The molecule has 4 aliphatic rings. The molecule has 4 aliphatic carbocycles. The summed E-state index contributed by atoms with van der Waals surface area (Å²) in [4.78, 5) is 0. The van der Waals surface area contributed by atoms with E-state index in [1.54, 1.807) is 38.5 Å². The number of hydrogen-bond acceptors (Lipinski definition) is 0. The first-order valence-electron chi connectivity index (χ1n) is 6.31. The van der Waals surface area contributed by atoms with E-state index >= 15 is 0 Å². The molecule has 0 saturated heterocycles. The van der Waals surface area contributed by atoms with E-state index < -0.39 is 0 Å². The van der Waals surface area contributed by atoms with Crippen LogP contribution in [-0.2, 0) is 0 Å². The van der Waals surface area contributed by atoms with Crippen LogP contribution in [-0.4, -0.2) is 8.80 Å². The van der Waals surface area contributed by atoms with Gasteiger partial charge in [-0.1, -0.05) is 13.1 Å². The predicted octanol–water partition coefficient (Wildman–Crippen LogP) is 3.70. The molecule has 0 atom stereocenters. The van der Waals surface area contributed by atoms with Crippen molar-refractivity contribution in [2.45, 2.75) is 51.6 Å². The van der Waals surface area contributed by atoms with Crippen molar-refractivity contribution in [1.29, 1.82) is 0 Å². The van der Waals surface area contributed by atoms with Gasteiger partial charge < -0.3 is 0 Å². The highest BCUT2D eigenvalue weighted by atomic mass is 28.3. The summed E-state index contributed by atoms with van der Waals surface area (Å²) in [6, 6.07) is 2.81. The third-order valence-corrected chi connectivity index (χ3v) is 5.87. The number of rotatable bonds is 2. The molecule has 0 aromatic heterocycles. The first-order chi connectivity index (χ1) is 6.65. The molecule has 4 fully saturated rings. The van der Waals surface area contributed by atoms with E-state index in [1.165, 1.54) is 0 Å². The normalized spacial score (nSPS) is 50.4. The quantitative estimate of drug-likeness (QED) is 0.604. The standard InChI is InChI=1S/C13H22Si/c1-14(2)9-13-6-10-3-11(7-13)5-12(4-10)8-13/h9-12H,3-8H2,1-2H3. The van der Waals surface area contributed by atoms with Crippen LogP contribution in [0.15, 0.2) is 0 Å². The monoisotopic (exact) mass is 206 g/mol. The Balaban J connectivity index is 1.80. The fraction of sp³-hybridized carbons (Fsp3) is 0.923. The van der Waals surface area contributed by atoms with E-state index in [0.29, 0.717) is 0 Å². The van der Waals surface area contributed by atoms with E-state index in [0.717, 1.165) is 23.2 Å². The Labute approximate surface area is 90.1 Å². The maximum atomic E-state index is 2.81. The lowest BCUT2D eigenvalue weighted by Crippen LogP contribution is -2.47. The molecule has 0 N–H and O–H groups in total. The third kappa shape index (κ3) is 1.48. The van der Waals surface area contributed by atoms with Crippen molar-refractivity contribution < 1.29 is 0 Å². The van der Waals surface area contributed by atoms with Crippen LogP contribution in [0.25, 0.3) is 0 Å². The highest BCUT2D eigenvalue weighted by Gasteiger charge is 2.50. The number of hydrogen-bond donors (Lipinski definition) is 0. The second kappa shape index (κ2) is 3.10. The Bertz CT molecular complexity index is 190. The van der Waals surface area contributed by atoms with Gasteiger partial charge in [0.2, 0.25) is 0 Å². The smallest absolute Gasteiger partial charge is 0.0451 e. The highest BCUT2D eigenvalue weighted by molar-refractivity contribution is 6.60. The first kappa shape index (κ1) is 9.44. The first-order valence-corrected chi connectivity index (χ1v) is 8.89. The molecule has 4 saturated carbocycles. The van der Waals surface area contributed by atoms with Gasteiger partial charge in [-0.05, 0) is 67.7 Å². The molecule has 2 radical (unpaired) electrons. The van der Waals surface area contributed by atoms with Gasteiger partial charge in [0.05, 0.1) is 0 Å². The molecule has 0 aromatic carbocycles. The molecule has 0 unspecified atom stereocenters. The summed E-state index contributed by atoms with van der Waals surface area (Å²) in [5.74, 6) is 3.37. The van der Waals surface area contributed by atoms with Gasteiger partial charge in [0, 0.05) is 8.80 Å². The van der Waals surface area contributed by atoms with Gasteiger partial charge in [0.25, 0.3) is 0 Å². The second-order valence-electron chi connectivity index (χ2n) is 6.50. The van der Waals surface area contributed by atoms with Crippen LogP contribution in [0.2, 0.25) is 13.1 Å². The summed E-state index contributed by atoms with van der Waals surface area (Å²) < 4.78 is 0. The zero-order chi connectivity index (χ0) is 9.76. The molecule has 4 rings (SSSR count). The van der Waals surface area contributed by atoms with Crippen molar-refractivity contribution in [2.24, 2.45) is 23.2 Å². The zero-order valence-electron chi connectivity index (χ0n) is 9.55. The molecule has 0 amide bonds. The molecule has 1 heteroatoms. The van der Waals surface area contributed by atoms with E-state index in [1.807, 2.05) is 0 Å². The molecule has 0 aliphatic heterocycles. The summed E-state index contributed by atoms with van der Waals surface area (Å²) in [5, 5.41) is 0. The molecular weight excluding hydrogens is 184 g/mol. The maximum absolute atomic E-state index is 2.81. The fourth-order valence-corrected chi connectivity index (χ4v) is 6.55. The molecule has 0 spiro atoms. The van der Waals surface area contributed by atoms with Gasteiger partial charge >= 0.3 is 0 Å². The van der Waals surface area contributed by atoms with Crippen LogP contribution in [0.5, 0.6) is 0 Å². The van der Waals surface area contributed by atoms with Crippen molar-refractivity contribution in [2.75, 3.05) is 0 Å². The summed E-state index contributed by atoms with van der Waals surface area (Å²) in [7, 11) is -0.120. The molecular formula is C13H22Si. The van der Waals surface area contributed by atoms with Crippen LogP contribution in [0.4, 0.5) is 0 Å². The summed E-state index contributed by atoms with van der Waals surface area (Å²) in [6.45, 7) is 4.92. The van der Waals surface area contributed by atoms with Gasteiger partial charge in [-0.15, -0.1) is 0 Å². The van der Waals surface area contributed by atoms with Crippen LogP contribution >= 0.6 is 0 Å². The Kier molecular flexibility index (Phi) is 2.09. The Hall–Kier alpha value is 0.217. The van der Waals surface area contributed by atoms with Crippen molar-refractivity contribution in [3.05, 3.63) is 6.04 Å². The van der Waals surface area contributed by atoms with Crippen molar-refractivity contribution in [1.82, 2.24) is 0 Å². The molecule has 0 heterocycles. The minimum absolute atomic E-state index is 0.120. The van der Waals surface area contributed by atoms with Crippen LogP contribution in [0.1, 0.15) is 38.5 Å². The lowest BCUT2D eigenvalue weighted by Gasteiger charge is -2.57. The average Bonchev–Trinajstić information content (AvgIpc) is 1.96. The second-order valence-corrected chi connectivity index (χ2v) is 8.94. The van der Waals surface area contributed by atoms with Crippen LogP contribution in [0.3, 0.4) is 0 Å². The summed E-state index contributed by atoms with van der Waals surface area (Å²) in [5.41, 5.74) is 0.743. The minimum Gasteiger partial charge on any atom is -0.0710 e. The van der Waals surface area contributed by atoms with Gasteiger partial charge in [-0.2, -0.15) is 0 Å². The minimum atomic E-state index is -0.120. The van der Waals surface area contributed by atoms with Crippen molar-refractivity contribution in [3.8, 4) is 0 Å². The van der Waals surface area contributed by atoms with Gasteiger partial charge in [0.15, 0.2) is 0 Å². The van der Waals surface area contributed by atoms with E-state index in [4.69, 9.17) is 0 Å². The molecule has 14 heavy (non-hydrogen) atoms. The van der Waals surface area contributed by atoms with Crippen LogP contribution < -0.4 is 0 Å². The predicted molar refractivity (Wildman–Crippen MR) is 62.4 cm³/mol. The van der Waals surface area contributed by atoms with E-state index in [2.05, 4.69) is 19.1 Å². The van der Waals surface area contributed by atoms with Gasteiger partial charge in [-0.3, -0.25) is 0 Å². The summed E-state index contributed by atoms with van der Waals surface area (Å²) >= 11 is 0. The molecule has 78 valence electrons. The lowest BCUT2D eigenvalue weighted by molar-refractivity contribution is -0.0288. The zero-order valence-corrected chi connectivity index (χ0v) is 10.6. The highest BCUT2D eigenvalue weighted by Crippen LogP contribution is 2.61. The van der Waals surface area contributed by atoms with Crippen LogP contribution in [0, 0.1) is 29.2 Å². The Morgan fingerprint density at radius 1 is 0.929 bits per heavy atom. The van der Waals surface area contributed by atoms with Crippen molar-refractivity contribution in [3.63, 3.8) is 0 Å². The fourth-order valence-electron chi connectivity index (χ4n) is 4.97. The van der Waals surface area contributed by atoms with Gasteiger partial charge in [0.1, 0.15) is 0 Å². The lowest BCUT2D eigenvalue weighted by atomic mass is 9.50. The largest absolute Gasteiger partial charge is 0.0710 e. The topological polar surface area (TPSA) is 0 Å². The Morgan fingerprint density at radius 3 is 1.71 bits per heavy atom. The van der Waals surface area contributed by atoms with E-state index in [-0.39, 0.29) is 8.80 Å². The van der Waals surface area contributed by atoms with Gasteiger partial charge in [-0.25, -0.2) is 0 Å². The molecule has 0 nitrogen and oxygen atoms in total.